The van der Waals surface area contributed by atoms with E-state index in [0.717, 1.165) is 42.8 Å². The Kier molecular flexibility index (Phi) is 5.82. The predicted octanol–water partition coefficient (Wildman–Crippen LogP) is 2.80. The van der Waals surface area contributed by atoms with Crippen LogP contribution in [0.2, 0.25) is 0 Å². The van der Waals surface area contributed by atoms with E-state index < -0.39 is 0 Å². The number of hydrogen-bond donors (Lipinski definition) is 1. The second-order valence-electron chi connectivity index (χ2n) is 8.24. The molecule has 0 aromatic carbocycles. The van der Waals surface area contributed by atoms with Gasteiger partial charge in [-0.2, -0.15) is 0 Å². The summed E-state index contributed by atoms with van der Waals surface area (Å²) in [4.78, 5) is 15.0. The van der Waals surface area contributed by atoms with Gasteiger partial charge in [0.1, 0.15) is 11.5 Å². The average Bonchev–Trinajstić information content (AvgIpc) is 3.40. The molecule has 0 radical (unpaired) electrons. The van der Waals surface area contributed by atoms with Crippen LogP contribution < -0.4 is 5.32 Å². The van der Waals surface area contributed by atoms with Crippen molar-refractivity contribution in [1.29, 1.82) is 0 Å². The van der Waals surface area contributed by atoms with Crippen molar-refractivity contribution in [2.45, 2.75) is 45.7 Å². The third-order valence-corrected chi connectivity index (χ3v) is 5.80. The van der Waals surface area contributed by atoms with Crippen LogP contribution in [0.1, 0.15) is 47.5 Å². The number of aromatic nitrogens is 1. The minimum atomic E-state index is -0.187. The number of nitrogens with one attached hydrogen (secondary N) is 1. The van der Waals surface area contributed by atoms with Crippen LogP contribution in [0.3, 0.4) is 0 Å². The van der Waals surface area contributed by atoms with E-state index >= 15 is 0 Å². The first-order valence-electron chi connectivity index (χ1n) is 10.2. The smallest absolute Gasteiger partial charge is 0.287 e. The molecule has 1 amide bonds. The number of aryl methyl sites for hydroxylation is 1. The van der Waals surface area contributed by atoms with E-state index in [2.05, 4.69) is 22.3 Å². The van der Waals surface area contributed by atoms with Crippen molar-refractivity contribution in [2.24, 2.45) is 11.8 Å². The highest BCUT2D eigenvalue weighted by Crippen LogP contribution is 2.22. The summed E-state index contributed by atoms with van der Waals surface area (Å²) in [7, 11) is 0. The molecule has 152 valence electrons. The molecule has 0 saturated carbocycles. The number of rotatable bonds is 6. The van der Waals surface area contributed by atoms with Gasteiger partial charge in [0.05, 0.1) is 31.5 Å². The van der Waals surface area contributed by atoms with Gasteiger partial charge >= 0.3 is 0 Å². The van der Waals surface area contributed by atoms with Crippen LogP contribution in [0.5, 0.6) is 0 Å². The zero-order valence-electron chi connectivity index (χ0n) is 16.6. The molecule has 2 aromatic heterocycles. The predicted molar refractivity (Wildman–Crippen MR) is 103 cm³/mol. The third-order valence-electron chi connectivity index (χ3n) is 5.80. The Morgan fingerprint density at radius 3 is 2.82 bits per heavy atom. The number of hydrogen-bond acceptors (Lipinski definition) is 6. The van der Waals surface area contributed by atoms with Gasteiger partial charge in [-0.1, -0.05) is 12.1 Å². The molecule has 2 aliphatic rings. The fraction of sp³-hybridized carbons (Fsp3) is 0.619. The summed E-state index contributed by atoms with van der Waals surface area (Å²) in [6.45, 7) is 8.24. The maximum atomic E-state index is 12.6. The Morgan fingerprint density at radius 1 is 1.25 bits per heavy atom. The molecule has 2 atom stereocenters. The van der Waals surface area contributed by atoms with Crippen molar-refractivity contribution < 1.29 is 18.5 Å². The number of carbonyl (C=O) groups is 1. The summed E-state index contributed by atoms with van der Waals surface area (Å²) in [6.07, 6.45) is 3.15. The van der Waals surface area contributed by atoms with Gasteiger partial charge in [0.25, 0.3) is 5.91 Å². The van der Waals surface area contributed by atoms with Gasteiger partial charge < -0.3 is 19.0 Å². The van der Waals surface area contributed by atoms with E-state index in [-0.39, 0.29) is 17.9 Å². The fourth-order valence-electron chi connectivity index (χ4n) is 4.00. The first-order valence-corrected chi connectivity index (χ1v) is 10.2. The van der Waals surface area contributed by atoms with Crippen LogP contribution in [-0.4, -0.2) is 48.3 Å². The Labute approximate surface area is 165 Å². The van der Waals surface area contributed by atoms with E-state index in [1.165, 1.54) is 12.8 Å². The SMILES string of the molecule is Cc1cc(CC2COCC2NC(=O)c2ccc(CN3CCC(C)CC3)o2)on1. The lowest BCUT2D eigenvalue weighted by molar-refractivity contribution is 0.0891. The highest BCUT2D eigenvalue weighted by molar-refractivity contribution is 5.91. The number of likely N-dealkylation sites (tertiary alicyclic amines) is 1. The van der Waals surface area contributed by atoms with Crippen molar-refractivity contribution >= 4 is 5.91 Å². The van der Waals surface area contributed by atoms with Crippen LogP contribution in [0.15, 0.2) is 27.1 Å². The standard InChI is InChI=1S/C21H29N3O4/c1-14-5-7-24(8-6-14)11-17-3-4-20(27-17)21(25)22-19-13-26-12-16(19)10-18-9-15(2)23-28-18/h3-4,9,14,16,19H,5-8,10-13H2,1-2H3,(H,22,25). The van der Waals surface area contributed by atoms with Gasteiger partial charge in [-0.15, -0.1) is 0 Å². The highest BCUT2D eigenvalue weighted by Gasteiger charge is 2.31. The van der Waals surface area contributed by atoms with E-state index in [1.807, 2.05) is 19.1 Å². The Bertz CT molecular complexity index is 791. The molecule has 0 bridgehead atoms. The number of ether oxygens (including phenoxy) is 1. The van der Waals surface area contributed by atoms with Crippen LogP contribution >= 0.6 is 0 Å². The van der Waals surface area contributed by atoms with Crippen molar-refractivity contribution in [1.82, 2.24) is 15.4 Å². The van der Waals surface area contributed by atoms with Crippen molar-refractivity contribution in [3.8, 4) is 0 Å². The molecule has 2 aliphatic heterocycles. The first-order chi connectivity index (χ1) is 13.6. The quantitative estimate of drug-likeness (QED) is 0.821. The van der Waals surface area contributed by atoms with Gasteiger partial charge in [0, 0.05) is 18.4 Å². The monoisotopic (exact) mass is 387 g/mol. The van der Waals surface area contributed by atoms with Crippen molar-refractivity contribution in [2.75, 3.05) is 26.3 Å². The Hall–Kier alpha value is -2.12. The molecular weight excluding hydrogens is 358 g/mol. The minimum absolute atomic E-state index is 0.0601. The van der Waals surface area contributed by atoms with E-state index in [9.17, 15) is 4.79 Å². The highest BCUT2D eigenvalue weighted by atomic mass is 16.5. The molecule has 4 heterocycles. The lowest BCUT2D eigenvalue weighted by Gasteiger charge is -2.29. The topological polar surface area (TPSA) is 80.7 Å². The van der Waals surface area contributed by atoms with Gasteiger partial charge in [-0.3, -0.25) is 9.69 Å². The second-order valence-corrected chi connectivity index (χ2v) is 8.24. The third kappa shape index (κ3) is 4.64. The van der Waals surface area contributed by atoms with E-state index in [1.54, 1.807) is 6.07 Å². The normalized spacial score (nSPS) is 23.9. The number of piperidine rings is 1. The van der Waals surface area contributed by atoms with Crippen LogP contribution in [-0.2, 0) is 17.7 Å². The van der Waals surface area contributed by atoms with Gasteiger partial charge in [0.15, 0.2) is 5.76 Å². The zero-order valence-corrected chi connectivity index (χ0v) is 16.6. The maximum absolute atomic E-state index is 12.6. The summed E-state index contributed by atoms with van der Waals surface area (Å²) in [5, 5.41) is 6.99. The molecular formula is C21H29N3O4. The molecule has 0 spiro atoms. The number of furan rings is 1. The molecule has 2 saturated heterocycles. The van der Waals surface area contributed by atoms with E-state index in [0.29, 0.717) is 25.4 Å². The van der Waals surface area contributed by atoms with Gasteiger partial charge in [-0.25, -0.2) is 0 Å². The van der Waals surface area contributed by atoms with E-state index in [4.69, 9.17) is 13.7 Å². The van der Waals surface area contributed by atoms with Crippen LogP contribution in [0.4, 0.5) is 0 Å². The van der Waals surface area contributed by atoms with Crippen LogP contribution in [0, 0.1) is 18.8 Å². The molecule has 0 aliphatic carbocycles. The van der Waals surface area contributed by atoms with Crippen molar-refractivity contribution in [3.05, 3.63) is 41.2 Å². The Balaban J connectivity index is 1.31. The molecule has 7 heteroatoms. The summed E-state index contributed by atoms with van der Waals surface area (Å²) < 4.78 is 16.7. The zero-order chi connectivity index (χ0) is 19.5. The molecule has 2 unspecified atom stereocenters. The maximum Gasteiger partial charge on any atom is 0.287 e. The number of carbonyl (C=O) groups excluding carboxylic acids is 1. The lowest BCUT2D eigenvalue weighted by atomic mass is 9.98. The van der Waals surface area contributed by atoms with Crippen molar-refractivity contribution in [3.63, 3.8) is 0 Å². The second kappa shape index (κ2) is 8.49. The Morgan fingerprint density at radius 2 is 2.07 bits per heavy atom. The van der Waals surface area contributed by atoms with Gasteiger partial charge in [-0.05, 0) is 50.9 Å². The molecule has 7 nitrogen and oxygen atoms in total. The summed E-state index contributed by atoms with van der Waals surface area (Å²) in [5.74, 6) is 2.81. The molecule has 1 N–H and O–H groups in total. The minimum Gasteiger partial charge on any atom is -0.455 e. The lowest BCUT2D eigenvalue weighted by Crippen LogP contribution is -2.40. The summed E-state index contributed by atoms with van der Waals surface area (Å²) >= 11 is 0. The molecule has 2 aromatic rings. The number of amides is 1. The van der Waals surface area contributed by atoms with Crippen LogP contribution in [0.25, 0.3) is 0 Å². The average molecular weight is 387 g/mol. The number of nitrogens with zero attached hydrogens (tertiary/aromatic N) is 2. The molecule has 2 fully saturated rings. The molecule has 28 heavy (non-hydrogen) atoms. The molecule has 4 rings (SSSR count). The first kappa shape index (κ1) is 19.2. The summed E-state index contributed by atoms with van der Waals surface area (Å²) in [6, 6.07) is 5.54. The fourth-order valence-corrected chi connectivity index (χ4v) is 4.00. The van der Waals surface area contributed by atoms with Gasteiger partial charge in [0.2, 0.25) is 0 Å². The largest absolute Gasteiger partial charge is 0.455 e. The summed E-state index contributed by atoms with van der Waals surface area (Å²) in [5.41, 5.74) is 0.862.